The Morgan fingerprint density at radius 3 is 2.83 bits per heavy atom. The van der Waals surface area contributed by atoms with E-state index in [0.717, 1.165) is 5.76 Å². The van der Waals surface area contributed by atoms with E-state index < -0.39 is 0 Å². The van der Waals surface area contributed by atoms with Crippen LogP contribution in [-0.4, -0.2) is 15.5 Å². The van der Waals surface area contributed by atoms with Crippen LogP contribution in [0, 0.1) is 6.92 Å². The predicted molar refractivity (Wildman–Crippen MR) is 86.0 cm³/mol. The van der Waals surface area contributed by atoms with E-state index in [9.17, 15) is 9.59 Å². The van der Waals surface area contributed by atoms with E-state index in [1.165, 1.54) is 10.8 Å². The van der Waals surface area contributed by atoms with Crippen LogP contribution >= 0.6 is 0 Å². The summed E-state index contributed by atoms with van der Waals surface area (Å²) in [6.45, 7) is 3.62. The van der Waals surface area contributed by atoms with E-state index in [-0.39, 0.29) is 24.1 Å². The minimum atomic E-state index is -0.305. The minimum Gasteiger partial charge on any atom is -0.464 e. The highest BCUT2D eigenvalue weighted by Gasteiger charge is 2.14. The number of aromatic nitrogens is 2. The van der Waals surface area contributed by atoms with Crippen LogP contribution in [0.5, 0.6) is 0 Å². The zero-order valence-electron chi connectivity index (χ0n) is 12.9. The number of aryl methyl sites for hydroxylation is 1. The smallest absolute Gasteiger partial charge is 0.269 e. The third-order valence-electron chi connectivity index (χ3n) is 3.62. The number of furan rings is 1. The SMILES string of the molecule is Cc1ccc(C(C)NC(=O)Cn2c(=O)cnc3ccccc32)o1. The first-order chi connectivity index (χ1) is 11.0. The Bertz CT molecular complexity index is 911. The Hall–Kier alpha value is -2.89. The van der Waals surface area contributed by atoms with E-state index in [0.29, 0.717) is 16.8 Å². The zero-order chi connectivity index (χ0) is 16.4. The number of amides is 1. The van der Waals surface area contributed by atoms with E-state index in [2.05, 4.69) is 10.3 Å². The molecule has 6 nitrogen and oxygen atoms in total. The molecule has 0 aliphatic rings. The summed E-state index contributed by atoms with van der Waals surface area (Å²) in [5.74, 6) is 1.21. The average molecular weight is 311 g/mol. The van der Waals surface area contributed by atoms with E-state index >= 15 is 0 Å². The second-order valence-electron chi connectivity index (χ2n) is 5.41. The lowest BCUT2D eigenvalue weighted by molar-refractivity contribution is -0.122. The number of nitrogens with zero attached hydrogens (tertiary/aromatic N) is 2. The van der Waals surface area contributed by atoms with Crippen molar-refractivity contribution in [3.8, 4) is 0 Å². The number of fused-ring (bicyclic) bond motifs is 1. The van der Waals surface area contributed by atoms with Gasteiger partial charge in [0, 0.05) is 0 Å². The Labute approximate surface area is 132 Å². The Morgan fingerprint density at radius 1 is 1.30 bits per heavy atom. The van der Waals surface area contributed by atoms with Crippen LogP contribution in [0.15, 0.2) is 51.8 Å². The molecule has 0 saturated carbocycles. The fraction of sp³-hybridized carbons (Fsp3) is 0.235. The van der Waals surface area contributed by atoms with Gasteiger partial charge in [-0.05, 0) is 38.1 Å². The molecule has 2 heterocycles. The molecule has 1 atom stereocenters. The number of rotatable bonds is 4. The van der Waals surface area contributed by atoms with Crippen molar-refractivity contribution in [1.82, 2.24) is 14.9 Å². The molecule has 1 N–H and O–H groups in total. The number of nitrogens with one attached hydrogen (secondary N) is 1. The molecule has 0 bridgehead atoms. The van der Waals surface area contributed by atoms with Crippen LogP contribution in [0.25, 0.3) is 11.0 Å². The Kier molecular flexibility index (Phi) is 3.97. The van der Waals surface area contributed by atoms with Gasteiger partial charge in [-0.2, -0.15) is 0 Å². The van der Waals surface area contributed by atoms with Crippen molar-refractivity contribution in [2.24, 2.45) is 0 Å². The maximum atomic E-state index is 12.3. The summed E-state index contributed by atoms with van der Waals surface area (Å²) >= 11 is 0. The number of carbonyl (C=O) groups is 1. The molecule has 6 heteroatoms. The topological polar surface area (TPSA) is 77.1 Å². The molecule has 0 spiro atoms. The van der Waals surface area contributed by atoms with Crippen LogP contribution in [-0.2, 0) is 11.3 Å². The molecule has 0 saturated heterocycles. The van der Waals surface area contributed by atoms with Crippen LogP contribution in [0.1, 0.15) is 24.5 Å². The highest BCUT2D eigenvalue weighted by atomic mass is 16.3. The number of hydrogen-bond acceptors (Lipinski definition) is 4. The maximum absolute atomic E-state index is 12.3. The van der Waals surface area contributed by atoms with Crippen molar-refractivity contribution in [1.29, 1.82) is 0 Å². The standard InChI is InChI=1S/C17H17N3O3/c1-11-7-8-15(23-11)12(2)19-16(21)10-20-14-6-4-3-5-13(14)18-9-17(20)22/h3-9,12H,10H2,1-2H3,(H,19,21). The van der Waals surface area contributed by atoms with Crippen molar-refractivity contribution in [2.45, 2.75) is 26.4 Å². The molecule has 3 aromatic rings. The van der Waals surface area contributed by atoms with Crippen molar-refractivity contribution in [2.75, 3.05) is 0 Å². The zero-order valence-corrected chi connectivity index (χ0v) is 12.9. The molecule has 1 aromatic carbocycles. The summed E-state index contributed by atoms with van der Waals surface area (Å²) in [7, 11) is 0. The normalized spacial score (nSPS) is 12.3. The number of hydrogen-bond donors (Lipinski definition) is 1. The first-order valence-corrected chi connectivity index (χ1v) is 7.35. The molecule has 0 fully saturated rings. The lowest BCUT2D eigenvalue weighted by atomic mass is 10.2. The second-order valence-corrected chi connectivity index (χ2v) is 5.41. The van der Waals surface area contributed by atoms with Crippen LogP contribution < -0.4 is 10.9 Å². The van der Waals surface area contributed by atoms with Crippen molar-refractivity contribution >= 4 is 16.9 Å². The van der Waals surface area contributed by atoms with E-state index in [4.69, 9.17) is 4.42 Å². The average Bonchev–Trinajstić information content (AvgIpc) is 2.97. The Balaban J connectivity index is 1.80. The summed E-state index contributed by atoms with van der Waals surface area (Å²) in [4.78, 5) is 28.4. The van der Waals surface area contributed by atoms with Gasteiger partial charge >= 0.3 is 0 Å². The highest BCUT2D eigenvalue weighted by molar-refractivity contribution is 5.80. The van der Waals surface area contributed by atoms with Gasteiger partial charge in [0.25, 0.3) is 5.56 Å². The summed E-state index contributed by atoms with van der Waals surface area (Å²) in [6, 6.07) is 10.6. The van der Waals surface area contributed by atoms with Gasteiger partial charge < -0.3 is 9.73 Å². The summed E-state index contributed by atoms with van der Waals surface area (Å²) in [6.07, 6.45) is 1.23. The van der Waals surface area contributed by atoms with Gasteiger partial charge in [0.15, 0.2) is 0 Å². The second kappa shape index (κ2) is 6.08. The molecular formula is C17H17N3O3. The molecule has 23 heavy (non-hydrogen) atoms. The summed E-state index contributed by atoms with van der Waals surface area (Å²) in [5, 5.41) is 2.84. The third kappa shape index (κ3) is 3.15. The summed E-state index contributed by atoms with van der Waals surface area (Å²) in [5.41, 5.74) is 1.01. The fourth-order valence-corrected chi connectivity index (χ4v) is 2.47. The van der Waals surface area contributed by atoms with Gasteiger partial charge in [-0.1, -0.05) is 12.1 Å². The molecule has 1 amide bonds. The van der Waals surface area contributed by atoms with Gasteiger partial charge in [-0.25, -0.2) is 4.98 Å². The molecule has 0 radical (unpaired) electrons. The molecule has 3 rings (SSSR count). The van der Waals surface area contributed by atoms with Crippen molar-refractivity contribution in [3.63, 3.8) is 0 Å². The van der Waals surface area contributed by atoms with Gasteiger partial charge in [0.1, 0.15) is 18.1 Å². The van der Waals surface area contributed by atoms with Crippen LogP contribution in [0.3, 0.4) is 0 Å². The van der Waals surface area contributed by atoms with Crippen molar-refractivity contribution in [3.05, 3.63) is 64.5 Å². The molecule has 0 aliphatic heterocycles. The number of para-hydroxylation sites is 2. The third-order valence-corrected chi connectivity index (χ3v) is 3.62. The van der Waals surface area contributed by atoms with Gasteiger partial charge in [0.05, 0.1) is 23.3 Å². The number of benzene rings is 1. The van der Waals surface area contributed by atoms with Crippen LogP contribution in [0.4, 0.5) is 0 Å². The van der Waals surface area contributed by atoms with Crippen molar-refractivity contribution < 1.29 is 9.21 Å². The molecule has 2 aromatic heterocycles. The lowest BCUT2D eigenvalue weighted by Gasteiger charge is -2.13. The van der Waals surface area contributed by atoms with Gasteiger partial charge in [-0.15, -0.1) is 0 Å². The highest BCUT2D eigenvalue weighted by Crippen LogP contribution is 2.15. The van der Waals surface area contributed by atoms with Gasteiger partial charge in [0.2, 0.25) is 5.91 Å². The first kappa shape index (κ1) is 15.0. The monoisotopic (exact) mass is 311 g/mol. The van der Waals surface area contributed by atoms with E-state index in [1.807, 2.05) is 38.1 Å². The Morgan fingerprint density at radius 2 is 2.09 bits per heavy atom. The van der Waals surface area contributed by atoms with E-state index in [1.54, 1.807) is 12.1 Å². The molecular weight excluding hydrogens is 294 g/mol. The maximum Gasteiger partial charge on any atom is 0.269 e. The first-order valence-electron chi connectivity index (χ1n) is 7.35. The molecule has 1 unspecified atom stereocenters. The molecule has 0 aliphatic carbocycles. The lowest BCUT2D eigenvalue weighted by Crippen LogP contribution is -2.33. The van der Waals surface area contributed by atoms with Gasteiger partial charge in [-0.3, -0.25) is 14.2 Å². The molecule has 118 valence electrons. The number of carbonyl (C=O) groups excluding carboxylic acids is 1. The fourth-order valence-electron chi connectivity index (χ4n) is 2.47. The minimum absolute atomic E-state index is 0.0636. The quantitative estimate of drug-likeness (QED) is 0.801. The predicted octanol–water partition coefficient (Wildman–Crippen LogP) is 2.18. The van der Waals surface area contributed by atoms with Crippen LogP contribution in [0.2, 0.25) is 0 Å². The summed E-state index contributed by atoms with van der Waals surface area (Å²) < 4.78 is 6.91. The largest absolute Gasteiger partial charge is 0.464 e.